The summed E-state index contributed by atoms with van der Waals surface area (Å²) in [6.07, 6.45) is 2.77. The monoisotopic (exact) mass is 347 g/mol. The van der Waals surface area contributed by atoms with E-state index >= 15 is 0 Å². The highest BCUT2D eigenvalue weighted by Gasteiger charge is 2.28. The lowest BCUT2D eigenvalue weighted by molar-refractivity contribution is -0.124. The summed E-state index contributed by atoms with van der Waals surface area (Å²) in [7, 11) is 0. The Morgan fingerprint density at radius 2 is 2.25 bits per heavy atom. The minimum absolute atomic E-state index is 0.0490. The van der Waals surface area contributed by atoms with E-state index in [0.717, 1.165) is 36.1 Å². The van der Waals surface area contributed by atoms with E-state index in [4.69, 9.17) is 0 Å². The molecule has 0 saturated carbocycles. The summed E-state index contributed by atoms with van der Waals surface area (Å²) in [6, 6.07) is 7.70. The Bertz CT molecular complexity index is 608. The molecule has 5 nitrogen and oxygen atoms in total. The van der Waals surface area contributed by atoms with Crippen LogP contribution in [0.2, 0.25) is 0 Å². The Labute approximate surface area is 147 Å². The van der Waals surface area contributed by atoms with Crippen LogP contribution in [-0.4, -0.2) is 48.1 Å². The van der Waals surface area contributed by atoms with Gasteiger partial charge < -0.3 is 15.5 Å². The fourth-order valence-corrected chi connectivity index (χ4v) is 4.42. The predicted molar refractivity (Wildman–Crippen MR) is 97.2 cm³/mol. The van der Waals surface area contributed by atoms with Gasteiger partial charge in [0.2, 0.25) is 11.8 Å². The van der Waals surface area contributed by atoms with Gasteiger partial charge in [0.05, 0.1) is 10.9 Å². The zero-order chi connectivity index (χ0) is 16.9. The van der Waals surface area contributed by atoms with Crippen molar-refractivity contribution in [2.24, 2.45) is 5.92 Å². The van der Waals surface area contributed by atoms with Gasteiger partial charge in [0, 0.05) is 31.0 Å². The first-order chi connectivity index (χ1) is 11.6. The molecule has 0 spiro atoms. The van der Waals surface area contributed by atoms with E-state index in [9.17, 15) is 9.59 Å². The number of thioether (sulfide) groups is 1. The predicted octanol–water partition coefficient (Wildman–Crippen LogP) is 2.34. The Kier molecular flexibility index (Phi) is 5.79. The van der Waals surface area contributed by atoms with Gasteiger partial charge in [-0.3, -0.25) is 9.59 Å². The number of carbonyl (C=O) groups excluding carboxylic acids is 2. The van der Waals surface area contributed by atoms with Crippen molar-refractivity contribution in [3.63, 3.8) is 0 Å². The van der Waals surface area contributed by atoms with Crippen molar-refractivity contribution in [1.82, 2.24) is 10.2 Å². The van der Waals surface area contributed by atoms with Crippen LogP contribution in [0.5, 0.6) is 0 Å². The molecule has 0 aliphatic carbocycles. The van der Waals surface area contributed by atoms with Crippen molar-refractivity contribution in [2.75, 3.05) is 31.5 Å². The minimum atomic E-state index is -0.352. The van der Waals surface area contributed by atoms with E-state index in [1.807, 2.05) is 24.3 Å². The van der Waals surface area contributed by atoms with E-state index in [0.29, 0.717) is 6.54 Å². The third-order valence-corrected chi connectivity index (χ3v) is 5.84. The molecule has 6 heteroatoms. The molecule has 3 rings (SSSR count). The second kappa shape index (κ2) is 8.03. The average molecular weight is 347 g/mol. The Morgan fingerprint density at radius 3 is 3.08 bits per heavy atom. The Hall–Kier alpha value is -1.53. The molecule has 1 aromatic carbocycles. The lowest BCUT2D eigenvalue weighted by atomic mass is 10.0. The third kappa shape index (κ3) is 4.51. The second-order valence-electron chi connectivity index (χ2n) is 6.69. The van der Waals surface area contributed by atoms with E-state index in [1.165, 1.54) is 24.6 Å². The summed E-state index contributed by atoms with van der Waals surface area (Å²) < 4.78 is 0. The van der Waals surface area contributed by atoms with Gasteiger partial charge in [-0.15, -0.1) is 11.8 Å². The number of anilines is 1. The van der Waals surface area contributed by atoms with Crippen molar-refractivity contribution < 1.29 is 9.59 Å². The maximum atomic E-state index is 12.2. The maximum Gasteiger partial charge on any atom is 0.238 e. The molecule has 2 amide bonds. The standard InChI is InChI=1S/C18H25N3O2S/c1-13-5-4-9-21(12-13)10-8-19-17(22)11-16-18(23)20-14-6-2-3-7-15(14)24-16/h2-3,6-7,13,16H,4-5,8-12H2,1H3,(H,19,22)(H,20,23). The highest BCUT2D eigenvalue weighted by atomic mass is 32.2. The number of benzene rings is 1. The summed E-state index contributed by atoms with van der Waals surface area (Å²) in [4.78, 5) is 27.7. The third-order valence-electron chi connectivity index (χ3n) is 4.57. The molecular weight excluding hydrogens is 322 g/mol. The number of rotatable bonds is 5. The summed E-state index contributed by atoms with van der Waals surface area (Å²) in [5.74, 6) is 0.614. The number of hydrogen-bond donors (Lipinski definition) is 2. The Morgan fingerprint density at radius 1 is 1.42 bits per heavy atom. The molecule has 0 radical (unpaired) electrons. The second-order valence-corrected chi connectivity index (χ2v) is 7.94. The van der Waals surface area contributed by atoms with Crippen LogP contribution in [0.4, 0.5) is 5.69 Å². The Balaban J connectivity index is 1.43. The highest BCUT2D eigenvalue weighted by Crippen LogP contribution is 2.36. The smallest absolute Gasteiger partial charge is 0.238 e. The molecule has 2 aliphatic rings. The number of piperidine rings is 1. The van der Waals surface area contributed by atoms with Crippen molar-refractivity contribution in [2.45, 2.75) is 36.3 Å². The van der Waals surface area contributed by atoms with Gasteiger partial charge in [0.25, 0.3) is 0 Å². The van der Waals surface area contributed by atoms with Gasteiger partial charge in [-0.2, -0.15) is 0 Å². The van der Waals surface area contributed by atoms with Crippen molar-refractivity contribution >= 4 is 29.3 Å². The number of fused-ring (bicyclic) bond motifs is 1. The quantitative estimate of drug-likeness (QED) is 0.858. The van der Waals surface area contributed by atoms with Gasteiger partial charge in [0.15, 0.2) is 0 Å². The molecule has 24 heavy (non-hydrogen) atoms. The van der Waals surface area contributed by atoms with Gasteiger partial charge in [-0.05, 0) is 37.4 Å². The molecule has 1 aromatic rings. The summed E-state index contributed by atoms with van der Waals surface area (Å²) >= 11 is 1.47. The zero-order valence-electron chi connectivity index (χ0n) is 14.1. The first-order valence-corrected chi connectivity index (χ1v) is 9.55. The maximum absolute atomic E-state index is 12.2. The normalized spacial score (nSPS) is 24.1. The minimum Gasteiger partial charge on any atom is -0.355 e. The van der Waals surface area contributed by atoms with Gasteiger partial charge in [0.1, 0.15) is 0 Å². The van der Waals surface area contributed by atoms with Crippen LogP contribution in [0.15, 0.2) is 29.2 Å². The number of para-hydroxylation sites is 1. The molecule has 0 bridgehead atoms. The van der Waals surface area contributed by atoms with Crippen LogP contribution < -0.4 is 10.6 Å². The lowest BCUT2D eigenvalue weighted by Gasteiger charge is -2.30. The molecule has 2 N–H and O–H groups in total. The van der Waals surface area contributed by atoms with Gasteiger partial charge in [-0.1, -0.05) is 19.1 Å². The van der Waals surface area contributed by atoms with Gasteiger partial charge >= 0.3 is 0 Å². The van der Waals surface area contributed by atoms with Crippen LogP contribution in [0.1, 0.15) is 26.2 Å². The number of nitrogens with one attached hydrogen (secondary N) is 2. The van der Waals surface area contributed by atoms with E-state index < -0.39 is 0 Å². The molecule has 2 unspecified atom stereocenters. The first-order valence-electron chi connectivity index (χ1n) is 8.67. The highest BCUT2D eigenvalue weighted by molar-refractivity contribution is 8.01. The summed E-state index contributed by atoms with van der Waals surface area (Å²) in [5.41, 5.74) is 0.836. The molecule has 130 valence electrons. The molecule has 1 fully saturated rings. The van der Waals surface area contributed by atoms with Gasteiger partial charge in [-0.25, -0.2) is 0 Å². The van der Waals surface area contributed by atoms with Crippen LogP contribution in [0.3, 0.4) is 0 Å². The first kappa shape index (κ1) is 17.3. The number of amides is 2. The van der Waals surface area contributed by atoms with Crippen LogP contribution in [0, 0.1) is 5.92 Å². The number of carbonyl (C=O) groups is 2. The molecule has 2 aliphatic heterocycles. The molecule has 2 heterocycles. The SMILES string of the molecule is CC1CCCN(CCNC(=O)CC2Sc3ccccc3NC2=O)C1. The average Bonchev–Trinajstić information content (AvgIpc) is 2.55. The number of nitrogens with zero attached hydrogens (tertiary/aromatic N) is 1. The van der Waals surface area contributed by atoms with E-state index in [-0.39, 0.29) is 23.5 Å². The number of hydrogen-bond acceptors (Lipinski definition) is 4. The van der Waals surface area contributed by atoms with Crippen LogP contribution in [-0.2, 0) is 9.59 Å². The van der Waals surface area contributed by atoms with Crippen molar-refractivity contribution in [3.05, 3.63) is 24.3 Å². The fraction of sp³-hybridized carbons (Fsp3) is 0.556. The number of likely N-dealkylation sites (tertiary alicyclic amines) is 1. The van der Waals surface area contributed by atoms with E-state index in [1.54, 1.807) is 0 Å². The summed E-state index contributed by atoms with van der Waals surface area (Å²) in [6.45, 7) is 6.07. The zero-order valence-corrected chi connectivity index (χ0v) is 14.9. The molecule has 2 atom stereocenters. The van der Waals surface area contributed by atoms with Crippen molar-refractivity contribution in [3.8, 4) is 0 Å². The summed E-state index contributed by atoms with van der Waals surface area (Å²) in [5, 5.41) is 5.49. The molecule has 0 aromatic heterocycles. The topological polar surface area (TPSA) is 61.4 Å². The van der Waals surface area contributed by atoms with Crippen molar-refractivity contribution in [1.29, 1.82) is 0 Å². The fourth-order valence-electron chi connectivity index (χ4n) is 3.31. The largest absolute Gasteiger partial charge is 0.355 e. The molecule has 1 saturated heterocycles. The lowest BCUT2D eigenvalue weighted by Crippen LogP contribution is -2.41. The van der Waals surface area contributed by atoms with Crippen LogP contribution >= 0.6 is 11.8 Å². The van der Waals surface area contributed by atoms with Crippen LogP contribution in [0.25, 0.3) is 0 Å². The molecular formula is C18H25N3O2S. The van der Waals surface area contributed by atoms with E-state index in [2.05, 4.69) is 22.5 Å².